The first kappa shape index (κ1) is 16.4. The fourth-order valence-corrected chi connectivity index (χ4v) is 3.20. The van der Waals surface area contributed by atoms with E-state index in [4.69, 9.17) is 0 Å². The van der Waals surface area contributed by atoms with Crippen molar-refractivity contribution in [3.63, 3.8) is 0 Å². The Labute approximate surface area is 122 Å². The lowest BCUT2D eigenvalue weighted by atomic mass is 9.88. The molecule has 0 aromatic carbocycles. The summed E-state index contributed by atoms with van der Waals surface area (Å²) in [7, 11) is 0. The Morgan fingerprint density at radius 3 is 2.26 bits per heavy atom. The number of hydrogen-bond donors (Lipinski definition) is 1. The second-order valence-electron chi connectivity index (χ2n) is 6.12. The van der Waals surface area contributed by atoms with Crippen LogP contribution in [0.2, 0.25) is 0 Å². The van der Waals surface area contributed by atoms with E-state index < -0.39 is 0 Å². The fourth-order valence-electron chi connectivity index (χ4n) is 1.85. The molecule has 0 aliphatic rings. The van der Waals surface area contributed by atoms with E-state index in [0.29, 0.717) is 6.04 Å². The van der Waals surface area contributed by atoms with Crippen LogP contribution in [0.3, 0.4) is 0 Å². The molecule has 0 fully saturated rings. The molecule has 0 bridgehead atoms. The maximum Gasteiger partial charge on any atom is 0.188 e. The van der Waals surface area contributed by atoms with Crippen LogP contribution in [0.1, 0.15) is 45.5 Å². The van der Waals surface area contributed by atoms with Crippen LogP contribution in [0, 0.1) is 19.3 Å². The Hall–Kier alpha value is -0.610. The van der Waals surface area contributed by atoms with E-state index in [-0.39, 0.29) is 5.41 Å². The van der Waals surface area contributed by atoms with Crippen molar-refractivity contribution in [3.8, 4) is 0 Å². The topological polar surface area (TPSA) is 37.8 Å². The van der Waals surface area contributed by atoms with E-state index in [1.807, 2.05) is 19.9 Å². The molecular weight excluding hydrogens is 254 g/mol. The number of nitrogens with one attached hydrogen (secondary N) is 1. The smallest absolute Gasteiger partial charge is 0.188 e. The highest BCUT2D eigenvalue weighted by atomic mass is 32.2. The van der Waals surface area contributed by atoms with Crippen molar-refractivity contribution in [2.45, 2.75) is 59.2 Å². The van der Waals surface area contributed by atoms with Gasteiger partial charge in [0.2, 0.25) is 0 Å². The van der Waals surface area contributed by atoms with Gasteiger partial charge in [-0.3, -0.25) is 0 Å². The van der Waals surface area contributed by atoms with E-state index >= 15 is 0 Å². The van der Waals surface area contributed by atoms with Gasteiger partial charge in [-0.2, -0.15) is 0 Å². The number of aryl methyl sites for hydroxylation is 2. The van der Waals surface area contributed by atoms with Gasteiger partial charge < -0.3 is 5.32 Å². The number of nitrogens with zero attached hydrogens (tertiary/aromatic N) is 2. The van der Waals surface area contributed by atoms with Gasteiger partial charge in [0, 0.05) is 23.2 Å². The van der Waals surface area contributed by atoms with Crippen molar-refractivity contribution in [1.82, 2.24) is 15.3 Å². The Bertz CT molecular complexity index is 379. The molecule has 0 saturated heterocycles. The molecule has 1 aromatic heterocycles. The Balaban J connectivity index is 2.65. The van der Waals surface area contributed by atoms with Gasteiger partial charge in [-0.05, 0) is 38.3 Å². The molecule has 0 amide bonds. The number of thioether (sulfide) groups is 1. The Morgan fingerprint density at radius 2 is 1.79 bits per heavy atom. The first-order chi connectivity index (χ1) is 8.82. The standard InChI is InChI=1S/C15H27N3S/c1-7-8-16-13(15(4,5)6)10-19-14-17-11(2)9-12(3)18-14/h9,13,16H,7-8,10H2,1-6H3. The predicted molar refractivity (Wildman–Crippen MR) is 83.8 cm³/mol. The van der Waals surface area contributed by atoms with Crippen LogP contribution in [0.15, 0.2) is 11.2 Å². The zero-order chi connectivity index (χ0) is 14.5. The zero-order valence-electron chi connectivity index (χ0n) is 13.1. The van der Waals surface area contributed by atoms with Gasteiger partial charge in [-0.1, -0.05) is 39.5 Å². The minimum absolute atomic E-state index is 0.251. The molecule has 1 atom stereocenters. The Kier molecular flexibility index (Phi) is 6.27. The lowest BCUT2D eigenvalue weighted by Gasteiger charge is -2.31. The molecule has 1 heterocycles. The summed E-state index contributed by atoms with van der Waals surface area (Å²) in [6, 6.07) is 2.49. The van der Waals surface area contributed by atoms with Crippen molar-refractivity contribution in [1.29, 1.82) is 0 Å². The molecule has 0 saturated carbocycles. The summed E-state index contributed by atoms with van der Waals surface area (Å²) < 4.78 is 0. The molecule has 0 spiro atoms. The first-order valence-corrected chi connectivity index (χ1v) is 8.00. The average Bonchev–Trinajstić information content (AvgIpc) is 2.26. The van der Waals surface area contributed by atoms with Crippen LogP contribution in [-0.2, 0) is 0 Å². The van der Waals surface area contributed by atoms with E-state index in [1.54, 1.807) is 11.8 Å². The predicted octanol–water partition coefficient (Wildman–Crippen LogP) is 3.60. The van der Waals surface area contributed by atoms with Gasteiger partial charge in [0.25, 0.3) is 0 Å². The average molecular weight is 281 g/mol. The molecule has 0 radical (unpaired) electrons. The van der Waals surface area contributed by atoms with E-state index in [1.165, 1.54) is 0 Å². The minimum Gasteiger partial charge on any atom is -0.313 e. The quantitative estimate of drug-likeness (QED) is 0.638. The lowest BCUT2D eigenvalue weighted by Crippen LogP contribution is -2.42. The van der Waals surface area contributed by atoms with Gasteiger partial charge in [-0.25, -0.2) is 9.97 Å². The summed E-state index contributed by atoms with van der Waals surface area (Å²) in [5, 5.41) is 4.53. The van der Waals surface area contributed by atoms with Gasteiger partial charge in [0.1, 0.15) is 0 Å². The summed E-state index contributed by atoms with van der Waals surface area (Å²) in [4.78, 5) is 8.98. The van der Waals surface area contributed by atoms with Crippen molar-refractivity contribution in [3.05, 3.63) is 17.5 Å². The van der Waals surface area contributed by atoms with E-state index in [0.717, 1.165) is 35.3 Å². The molecule has 1 aromatic rings. The molecule has 0 aliphatic carbocycles. The van der Waals surface area contributed by atoms with E-state index in [2.05, 4.69) is 43.0 Å². The summed E-state index contributed by atoms with van der Waals surface area (Å²) >= 11 is 1.75. The summed E-state index contributed by atoms with van der Waals surface area (Å²) in [5.41, 5.74) is 2.34. The second-order valence-corrected chi connectivity index (χ2v) is 7.10. The fraction of sp³-hybridized carbons (Fsp3) is 0.733. The van der Waals surface area contributed by atoms with Crippen molar-refractivity contribution in [2.75, 3.05) is 12.3 Å². The molecule has 4 heteroatoms. The highest BCUT2D eigenvalue weighted by Gasteiger charge is 2.24. The summed E-state index contributed by atoms with van der Waals surface area (Å²) in [5.74, 6) is 1.01. The molecule has 108 valence electrons. The van der Waals surface area contributed by atoms with Crippen molar-refractivity contribution in [2.24, 2.45) is 5.41 Å². The van der Waals surface area contributed by atoms with Crippen LogP contribution < -0.4 is 5.32 Å². The lowest BCUT2D eigenvalue weighted by molar-refractivity contribution is 0.291. The Morgan fingerprint density at radius 1 is 1.21 bits per heavy atom. The van der Waals surface area contributed by atoms with Crippen molar-refractivity contribution < 1.29 is 0 Å². The van der Waals surface area contributed by atoms with Crippen LogP contribution >= 0.6 is 11.8 Å². The SMILES string of the molecule is CCCNC(CSc1nc(C)cc(C)n1)C(C)(C)C. The van der Waals surface area contributed by atoms with Gasteiger partial charge in [0.15, 0.2) is 5.16 Å². The molecule has 1 N–H and O–H groups in total. The molecular formula is C15H27N3S. The maximum absolute atomic E-state index is 4.49. The van der Waals surface area contributed by atoms with Crippen LogP contribution in [0.25, 0.3) is 0 Å². The van der Waals surface area contributed by atoms with Gasteiger partial charge >= 0.3 is 0 Å². The highest BCUT2D eigenvalue weighted by Crippen LogP contribution is 2.25. The summed E-state index contributed by atoms with van der Waals surface area (Å²) in [6.45, 7) is 14.2. The monoisotopic (exact) mass is 281 g/mol. The molecule has 19 heavy (non-hydrogen) atoms. The van der Waals surface area contributed by atoms with Gasteiger partial charge in [-0.15, -0.1) is 0 Å². The second kappa shape index (κ2) is 7.25. The third-order valence-corrected chi connectivity index (χ3v) is 3.97. The van der Waals surface area contributed by atoms with Gasteiger partial charge in [0.05, 0.1) is 0 Å². The number of hydrogen-bond acceptors (Lipinski definition) is 4. The third-order valence-electron chi connectivity index (χ3n) is 3.03. The van der Waals surface area contributed by atoms with Crippen LogP contribution in [0.4, 0.5) is 0 Å². The zero-order valence-corrected chi connectivity index (χ0v) is 13.9. The highest BCUT2D eigenvalue weighted by molar-refractivity contribution is 7.99. The third kappa shape index (κ3) is 5.91. The number of aromatic nitrogens is 2. The molecule has 0 aliphatic heterocycles. The normalized spacial score (nSPS) is 13.6. The van der Waals surface area contributed by atoms with Crippen molar-refractivity contribution >= 4 is 11.8 Å². The first-order valence-electron chi connectivity index (χ1n) is 7.01. The molecule has 1 unspecified atom stereocenters. The maximum atomic E-state index is 4.49. The molecule has 3 nitrogen and oxygen atoms in total. The summed E-state index contributed by atoms with van der Waals surface area (Å²) in [6.07, 6.45) is 1.16. The largest absolute Gasteiger partial charge is 0.313 e. The molecule has 1 rings (SSSR count). The number of rotatable bonds is 6. The van der Waals surface area contributed by atoms with Crippen LogP contribution in [0.5, 0.6) is 0 Å². The minimum atomic E-state index is 0.251. The van der Waals surface area contributed by atoms with E-state index in [9.17, 15) is 0 Å². The van der Waals surface area contributed by atoms with Crippen LogP contribution in [-0.4, -0.2) is 28.3 Å².